The molecule has 0 atom stereocenters. The molecule has 0 spiro atoms. The Morgan fingerprint density at radius 3 is 2.40 bits per heavy atom. The molecule has 0 amide bonds. The van der Waals surface area contributed by atoms with E-state index >= 15 is 0 Å². The molecule has 0 aromatic heterocycles. The number of carbonyl (C=O) groups is 2. The van der Waals surface area contributed by atoms with Crippen molar-refractivity contribution in [1.29, 1.82) is 0 Å². The number of hydrogen-bond donors (Lipinski definition) is 1. The molecule has 0 unspecified atom stereocenters. The number of aryl methyl sites for hydroxylation is 1. The molecule has 1 N–H and O–H groups in total. The molecule has 130 valence electrons. The minimum absolute atomic E-state index is 0.0628. The van der Waals surface area contributed by atoms with E-state index in [9.17, 15) is 14.7 Å². The van der Waals surface area contributed by atoms with Crippen LogP contribution >= 0.6 is 0 Å². The summed E-state index contributed by atoms with van der Waals surface area (Å²) in [4.78, 5) is 23.6. The van der Waals surface area contributed by atoms with Crippen LogP contribution < -0.4 is 4.74 Å². The molecule has 2 aromatic carbocycles. The summed E-state index contributed by atoms with van der Waals surface area (Å²) >= 11 is 0. The van der Waals surface area contributed by atoms with Crippen LogP contribution in [0.25, 0.3) is 6.08 Å². The maximum absolute atomic E-state index is 12.0. The van der Waals surface area contributed by atoms with Crippen LogP contribution in [0.15, 0.2) is 48.2 Å². The Labute approximate surface area is 145 Å². The Balaban J connectivity index is 2.42. The van der Waals surface area contributed by atoms with E-state index < -0.39 is 17.7 Å². The smallest absolute Gasteiger partial charge is 0.373 e. The lowest BCUT2D eigenvalue weighted by atomic mass is 10.1. The molecule has 0 saturated carbocycles. The van der Waals surface area contributed by atoms with E-state index in [0.29, 0.717) is 0 Å². The minimum Gasteiger partial charge on any atom is -0.504 e. The molecule has 6 heteroatoms. The number of ether oxygens (including phenoxy) is 3. The van der Waals surface area contributed by atoms with Crippen LogP contribution in [-0.2, 0) is 14.3 Å². The van der Waals surface area contributed by atoms with E-state index in [4.69, 9.17) is 9.47 Å². The number of rotatable bonds is 5. The number of carbonyl (C=O) groups excluding carboxylic acids is 2. The highest BCUT2D eigenvalue weighted by molar-refractivity contribution is 5.94. The third-order valence-electron chi connectivity index (χ3n) is 3.35. The zero-order valence-corrected chi connectivity index (χ0v) is 14.1. The topological polar surface area (TPSA) is 82.1 Å². The normalized spacial score (nSPS) is 10.9. The average molecular weight is 342 g/mol. The van der Waals surface area contributed by atoms with Gasteiger partial charge in [-0.1, -0.05) is 35.9 Å². The summed E-state index contributed by atoms with van der Waals surface area (Å²) in [7, 11) is 2.42. The number of phenolic OH excluding ortho intramolecular Hbond substituents is 1. The third kappa shape index (κ3) is 4.38. The van der Waals surface area contributed by atoms with Gasteiger partial charge in [0, 0.05) is 0 Å². The number of aromatic hydroxyl groups is 1. The molecule has 0 radical (unpaired) electrons. The highest BCUT2D eigenvalue weighted by Gasteiger charge is 2.19. The molecule has 0 aliphatic heterocycles. The van der Waals surface area contributed by atoms with Gasteiger partial charge in [-0.25, -0.2) is 9.59 Å². The van der Waals surface area contributed by atoms with Crippen molar-refractivity contribution in [2.75, 3.05) is 14.2 Å². The van der Waals surface area contributed by atoms with Crippen LogP contribution in [0.2, 0.25) is 0 Å². The SMILES string of the molecule is COC(=O)/C(=C/c1cccc(C)c1)Oc1cccc(C(=O)OC)c1O. The summed E-state index contributed by atoms with van der Waals surface area (Å²) in [5.74, 6) is -2.05. The monoisotopic (exact) mass is 342 g/mol. The molecule has 0 aliphatic carbocycles. The molecule has 2 aromatic rings. The summed E-state index contributed by atoms with van der Waals surface area (Å²) in [6.45, 7) is 1.92. The Kier molecular flexibility index (Phi) is 5.79. The summed E-state index contributed by atoms with van der Waals surface area (Å²) in [6.07, 6.45) is 1.49. The van der Waals surface area contributed by atoms with Gasteiger partial charge in [-0.05, 0) is 30.7 Å². The second kappa shape index (κ2) is 8.01. The fourth-order valence-corrected chi connectivity index (χ4v) is 2.14. The van der Waals surface area contributed by atoms with Crippen LogP contribution in [0.4, 0.5) is 0 Å². The van der Waals surface area contributed by atoms with Crippen molar-refractivity contribution in [3.63, 3.8) is 0 Å². The fourth-order valence-electron chi connectivity index (χ4n) is 2.14. The first-order valence-electron chi connectivity index (χ1n) is 7.41. The van der Waals surface area contributed by atoms with Crippen molar-refractivity contribution in [2.45, 2.75) is 6.92 Å². The predicted molar refractivity (Wildman–Crippen MR) is 91.2 cm³/mol. The standard InChI is InChI=1S/C19H18O6/c1-12-6-4-7-13(10-12)11-16(19(22)24-3)25-15-9-5-8-14(17(15)20)18(21)23-2/h4-11,20H,1-3H3/b16-11-. The van der Waals surface area contributed by atoms with E-state index in [1.165, 1.54) is 38.5 Å². The number of esters is 2. The van der Waals surface area contributed by atoms with Gasteiger partial charge in [0.05, 0.1) is 14.2 Å². The van der Waals surface area contributed by atoms with Crippen LogP contribution in [0.3, 0.4) is 0 Å². The first kappa shape index (κ1) is 18.1. The van der Waals surface area contributed by atoms with Crippen molar-refractivity contribution in [3.05, 3.63) is 64.9 Å². The molecule has 0 heterocycles. The lowest BCUT2D eigenvalue weighted by Crippen LogP contribution is -2.11. The zero-order chi connectivity index (χ0) is 18.4. The number of benzene rings is 2. The van der Waals surface area contributed by atoms with Crippen LogP contribution in [0.5, 0.6) is 11.5 Å². The van der Waals surface area contributed by atoms with Gasteiger partial charge in [0.2, 0.25) is 5.76 Å². The largest absolute Gasteiger partial charge is 0.504 e. The van der Waals surface area contributed by atoms with E-state index in [2.05, 4.69) is 4.74 Å². The summed E-state index contributed by atoms with van der Waals surface area (Å²) < 4.78 is 14.8. The van der Waals surface area contributed by atoms with Gasteiger partial charge in [0.15, 0.2) is 11.5 Å². The zero-order valence-electron chi connectivity index (χ0n) is 14.1. The van der Waals surface area contributed by atoms with Gasteiger partial charge < -0.3 is 19.3 Å². The highest BCUT2D eigenvalue weighted by Crippen LogP contribution is 2.32. The van der Waals surface area contributed by atoms with Crippen LogP contribution in [0.1, 0.15) is 21.5 Å². The quantitative estimate of drug-likeness (QED) is 0.511. The van der Waals surface area contributed by atoms with Gasteiger partial charge in [0.25, 0.3) is 0 Å². The first-order valence-corrected chi connectivity index (χ1v) is 7.41. The molecule has 0 bridgehead atoms. The number of para-hydroxylation sites is 1. The Hall–Kier alpha value is -3.28. The number of hydrogen-bond acceptors (Lipinski definition) is 6. The Bertz CT molecular complexity index is 822. The maximum Gasteiger partial charge on any atom is 0.373 e. The molecule has 0 saturated heterocycles. The Morgan fingerprint density at radius 1 is 1.04 bits per heavy atom. The van der Waals surface area contributed by atoms with Crippen molar-refractivity contribution in [2.24, 2.45) is 0 Å². The second-order valence-corrected chi connectivity index (χ2v) is 5.16. The number of methoxy groups -OCH3 is 2. The van der Waals surface area contributed by atoms with Gasteiger partial charge in [-0.15, -0.1) is 0 Å². The first-order chi connectivity index (χ1) is 12.0. The Morgan fingerprint density at radius 2 is 1.76 bits per heavy atom. The van der Waals surface area contributed by atoms with E-state index in [1.807, 2.05) is 25.1 Å². The van der Waals surface area contributed by atoms with Gasteiger partial charge in [0.1, 0.15) is 5.56 Å². The lowest BCUT2D eigenvalue weighted by Gasteiger charge is -2.12. The molecule has 25 heavy (non-hydrogen) atoms. The summed E-state index contributed by atoms with van der Waals surface area (Å²) in [6, 6.07) is 11.7. The predicted octanol–water partition coefficient (Wildman–Crippen LogP) is 3.08. The summed E-state index contributed by atoms with van der Waals surface area (Å²) in [5.41, 5.74) is 1.66. The molecule has 0 aliphatic rings. The van der Waals surface area contributed by atoms with Crippen molar-refractivity contribution >= 4 is 18.0 Å². The molecular formula is C19H18O6. The van der Waals surface area contributed by atoms with E-state index in [1.54, 1.807) is 6.07 Å². The maximum atomic E-state index is 12.0. The average Bonchev–Trinajstić information content (AvgIpc) is 2.61. The third-order valence-corrected chi connectivity index (χ3v) is 3.35. The lowest BCUT2D eigenvalue weighted by molar-refractivity contribution is -0.138. The molecule has 0 fully saturated rings. The number of phenols is 1. The van der Waals surface area contributed by atoms with Gasteiger partial charge >= 0.3 is 11.9 Å². The molecule has 6 nitrogen and oxygen atoms in total. The highest BCUT2D eigenvalue weighted by atomic mass is 16.6. The second-order valence-electron chi connectivity index (χ2n) is 5.16. The molecular weight excluding hydrogens is 324 g/mol. The van der Waals surface area contributed by atoms with Crippen molar-refractivity contribution in [3.8, 4) is 11.5 Å². The van der Waals surface area contributed by atoms with Gasteiger partial charge in [-0.2, -0.15) is 0 Å². The summed E-state index contributed by atoms with van der Waals surface area (Å²) in [5, 5.41) is 10.2. The van der Waals surface area contributed by atoms with E-state index in [-0.39, 0.29) is 17.1 Å². The van der Waals surface area contributed by atoms with Gasteiger partial charge in [-0.3, -0.25) is 0 Å². The van der Waals surface area contributed by atoms with Crippen molar-refractivity contribution in [1.82, 2.24) is 0 Å². The minimum atomic E-state index is -0.718. The fraction of sp³-hybridized carbons (Fsp3) is 0.158. The van der Waals surface area contributed by atoms with Crippen molar-refractivity contribution < 1.29 is 28.9 Å². The van der Waals surface area contributed by atoms with E-state index in [0.717, 1.165) is 11.1 Å². The molecule has 2 rings (SSSR count). The van der Waals surface area contributed by atoms with Crippen LogP contribution in [-0.4, -0.2) is 31.3 Å². The van der Waals surface area contributed by atoms with Crippen LogP contribution in [0, 0.1) is 6.92 Å².